The third-order valence-electron chi connectivity index (χ3n) is 2.25. The molecule has 0 saturated heterocycles. The van der Waals surface area contributed by atoms with Gasteiger partial charge in [-0.2, -0.15) is 0 Å². The zero-order chi connectivity index (χ0) is 13.1. The molecule has 1 amide bonds. The van der Waals surface area contributed by atoms with Crippen LogP contribution in [0.5, 0.6) is 5.75 Å². The van der Waals surface area contributed by atoms with Gasteiger partial charge < -0.3 is 10.4 Å². The van der Waals surface area contributed by atoms with Crippen LogP contribution in [0, 0.1) is 0 Å². The minimum absolute atomic E-state index is 0.138. The molecule has 2 aromatic carbocycles. The summed E-state index contributed by atoms with van der Waals surface area (Å²) in [6.45, 7) is 0. The van der Waals surface area contributed by atoms with Gasteiger partial charge in [0.15, 0.2) is 0 Å². The molecule has 0 radical (unpaired) electrons. The Kier molecular flexibility index (Phi) is 3.75. The lowest BCUT2D eigenvalue weighted by atomic mass is 10.2. The Labute approximate surface area is 114 Å². The summed E-state index contributed by atoms with van der Waals surface area (Å²) in [4.78, 5) is 11.9. The Balaban J connectivity index is 2.19. The molecule has 0 aliphatic heterocycles. The molecule has 0 aliphatic rings. The highest BCUT2D eigenvalue weighted by Gasteiger charge is 2.08. The molecule has 5 heteroatoms. The van der Waals surface area contributed by atoms with Gasteiger partial charge in [0.2, 0.25) is 0 Å². The molecule has 18 heavy (non-hydrogen) atoms. The summed E-state index contributed by atoms with van der Waals surface area (Å²) in [5, 5.41) is 12.6. The third kappa shape index (κ3) is 3.15. The zero-order valence-electron chi connectivity index (χ0n) is 9.15. The first kappa shape index (κ1) is 12.7. The van der Waals surface area contributed by atoms with E-state index in [4.69, 9.17) is 28.3 Å². The minimum Gasteiger partial charge on any atom is -0.508 e. The molecule has 3 nitrogen and oxygen atoms in total. The Morgan fingerprint density at radius 1 is 1.00 bits per heavy atom. The number of rotatable bonds is 2. The van der Waals surface area contributed by atoms with Gasteiger partial charge in [0, 0.05) is 21.3 Å². The van der Waals surface area contributed by atoms with Crippen molar-refractivity contribution in [3.05, 3.63) is 58.1 Å². The number of phenols is 1. The fourth-order valence-electron chi connectivity index (χ4n) is 1.43. The Morgan fingerprint density at radius 2 is 1.56 bits per heavy atom. The average molecular weight is 282 g/mol. The largest absolute Gasteiger partial charge is 0.508 e. The normalized spacial score (nSPS) is 10.1. The summed E-state index contributed by atoms with van der Waals surface area (Å²) in [5.41, 5.74) is 0.953. The first-order valence-corrected chi connectivity index (χ1v) is 5.87. The number of hydrogen-bond donors (Lipinski definition) is 2. The lowest BCUT2D eigenvalue weighted by molar-refractivity contribution is 0.102. The van der Waals surface area contributed by atoms with Gasteiger partial charge >= 0.3 is 0 Å². The number of benzene rings is 2. The monoisotopic (exact) mass is 281 g/mol. The summed E-state index contributed by atoms with van der Waals surface area (Å²) < 4.78 is 0. The maximum atomic E-state index is 11.9. The van der Waals surface area contributed by atoms with E-state index in [0.29, 0.717) is 21.3 Å². The molecule has 0 heterocycles. The Hall–Kier alpha value is -1.71. The minimum atomic E-state index is -0.315. The van der Waals surface area contributed by atoms with Gasteiger partial charge in [-0.05, 0) is 42.5 Å². The fraction of sp³-hybridized carbons (Fsp3) is 0. The van der Waals surface area contributed by atoms with Gasteiger partial charge in [-0.25, -0.2) is 0 Å². The summed E-state index contributed by atoms with van der Waals surface area (Å²) in [5.74, 6) is -0.177. The fourth-order valence-corrected chi connectivity index (χ4v) is 1.96. The van der Waals surface area contributed by atoms with Crippen molar-refractivity contribution in [2.24, 2.45) is 0 Å². The van der Waals surface area contributed by atoms with Crippen molar-refractivity contribution in [2.45, 2.75) is 0 Å². The van der Waals surface area contributed by atoms with Gasteiger partial charge in [0.25, 0.3) is 5.91 Å². The van der Waals surface area contributed by atoms with Crippen LogP contribution < -0.4 is 5.32 Å². The van der Waals surface area contributed by atoms with Crippen molar-refractivity contribution >= 4 is 34.8 Å². The first-order valence-electron chi connectivity index (χ1n) is 5.11. The third-order valence-corrected chi connectivity index (χ3v) is 2.69. The highest BCUT2D eigenvalue weighted by molar-refractivity contribution is 6.35. The van der Waals surface area contributed by atoms with Crippen molar-refractivity contribution < 1.29 is 9.90 Å². The van der Waals surface area contributed by atoms with E-state index in [0.717, 1.165) is 0 Å². The number of aromatic hydroxyl groups is 1. The van der Waals surface area contributed by atoms with E-state index in [1.165, 1.54) is 24.3 Å². The van der Waals surface area contributed by atoms with Gasteiger partial charge in [-0.3, -0.25) is 4.79 Å². The van der Waals surface area contributed by atoms with Crippen LogP contribution in [0.3, 0.4) is 0 Å². The number of phenolic OH excluding ortho intramolecular Hbond substituents is 1. The zero-order valence-corrected chi connectivity index (χ0v) is 10.7. The van der Waals surface area contributed by atoms with Crippen LogP contribution in [0.25, 0.3) is 0 Å². The first-order chi connectivity index (χ1) is 8.54. The van der Waals surface area contributed by atoms with Crippen LogP contribution in [0.1, 0.15) is 10.4 Å². The molecule has 0 fully saturated rings. The molecule has 0 atom stereocenters. The molecular weight excluding hydrogens is 273 g/mol. The van der Waals surface area contributed by atoms with Gasteiger partial charge in [0.05, 0.1) is 0 Å². The van der Waals surface area contributed by atoms with Crippen LogP contribution in [-0.4, -0.2) is 11.0 Å². The van der Waals surface area contributed by atoms with Gasteiger partial charge in [-0.15, -0.1) is 0 Å². The second-order valence-corrected chi connectivity index (χ2v) is 4.53. The standard InChI is InChI=1S/C13H9Cl2NO2/c14-9-5-8(6-10(15)7-9)13(18)16-11-1-3-12(17)4-2-11/h1-7,17H,(H,16,18). The maximum Gasteiger partial charge on any atom is 0.255 e. The lowest BCUT2D eigenvalue weighted by Gasteiger charge is -2.06. The highest BCUT2D eigenvalue weighted by atomic mass is 35.5. The van der Waals surface area contributed by atoms with E-state index in [9.17, 15) is 4.79 Å². The smallest absolute Gasteiger partial charge is 0.255 e. The van der Waals surface area contributed by atoms with Crippen molar-refractivity contribution in [1.29, 1.82) is 0 Å². The molecule has 0 bridgehead atoms. The van der Waals surface area contributed by atoms with E-state index in [2.05, 4.69) is 5.32 Å². The van der Waals surface area contributed by atoms with Crippen molar-refractivity contribution in [3.63, 3.8) is 0 Å². The van der Waals surface area contributed by atoms with Gasteiger partial charge in [0.1, 0.15) is 5.75 Å². The molecule has 2 N–H and O–H groups in total. The Morgan fingerprint density at radius 3 is 2.11 bits per heavy atom. The summed E-state index contributed by atoms with van der Waals surface area (Å²) >= 11 is 11.6. The maximum absolute atomic E-state index is 11.9. The average Bonchev–Trinajstić information content (AvgIpc) is 2.31. The molecule has 0 aliphatic carbocycles. The molecular formula is C13H9Cl2NO2. The number of halogens is 2. The molecule has 0 unspecified atom stereocenters. The molecule has 0 saturated carbocycles. The number of carbonyl (C=O) groups is 1. The predicted octanol–water partition coefficient (Wildman–Crippen LogP) is 3.95. The number of hydrogen-bond acceptors (Lipinski definition) is 2. The topological polar surface area (TPSA) is 49.3 Å². The van der Waals surface area contributed by atoms with Crippen LogP contribution >= 0.6 is 23.2 Å². The van der Waals surface area contributed by atoms with E-state index in [1.807, 2.05) is 0 Å². The van der Waals surface area contributed by atoms with Crippen molar-refractivity contribution in [3.8, 4) is 5.75 Å². The van der Waals surface area contributed by atoms with E-state index in [-0.39, 0.29) is 11.7 Å². The van der Waals surface area contributed by atoms with Crippen molar-refractivity contribution in [2.75, 3.05) is 5.32 Å². The predicted molar refractivity (Wildman–Crippen MR) is 72.5 cm³/mol. The molecule has 0 spiro atoms. The molecule has 2 rings (SSSR count). The SMILES string of the molecule is O=C(Nc1ccc(O)cc1)c1cc(Cl)cc(Cl)c1. The number of amides is 1. The second kappa shape index (κ2) is 5.29. The summed E-state index contributed by atoms with van der Waals surface area (Å²) in [7, 11) is 0. The second-order valence-electron chi connectivity index (χ2n) is 3.66. The quantitative estimate of drug-likeness (QED) is 0.819. The summed E-state index contributed by atoms with van der Waals surface area (Å²) in [6, 6.07) is 10.8. The van der Waals surface area contributed by atoms with E-state index in [1.54, 1.807) is 18.2 Å². The van der Waals surface area contributed by atoms with Crippen LogP contribution in [0.2, 0.25) is 10.0 Å². The van der Waals surface area contributed by atoms with Crippen molar-refractivity contribution in [1.82, 2.24) is 0 Å². The highest BCUT2D eigenvalue weighted by Crippen LogP contribution is 2.20. The van der Waals surface area contributed by atoms with Crippen LogP contribution in [0.4, 0.5) is 5.69 Å². The number of nitrogens with one attached hydrogen (secondary N) is 1. The molecule has 0 aromatic heterocycles. The lowest BCUT2D eigenvalue weighted by Crippen LogP contribution is -2.11. The molecule has 92 valence electrons. The Bertz CT molecular complexity index is 562. The van der Waals surface area contributed by atoms with Crippen LogP contribution in [-0.2, 0) is 0 Å². The molecule has 2 aromatic rings. The van der Waals surface area contributed by atoms with E-state index < -0.39 is 0 Å². The van der Waals surface area contributed by atoms with E-state index >= 15 is 0 Å². The number of anilines is 1. The van der Waals surface area contributed by atoms with Gasteiger partial charge in [-0.1, -0.05) is 23.2 Å². The number of carbonyl (C=O) groups excluding carboxylic acids is 1. The summed E-state index contributed by atoms with van der Waals surface area (Å²) in [6.07, 6.45) is 0. The van der Waals surface area contributed by atoms with Crippen LogP contribution in [0.15, 0.2) is 42.5 Å².